The van der Waals surface area contributed by atoms with Crippen LogP contribution in [0.4, 0.5) is 5.69 Å². The van der Waals surface area contributed by atoms with E-state index >= 15 is 0 Å². The van der Waals surface area contributed by atoms with E-state index < -0.39 is 0 Å². The first kappa shape index (κ1) is 12.4. The average Bonchev–Trinajstić information content (AvgIpc) is 3.00. The third-order valence-corrected chi connectivity index (χ3v) is 4.40. The fraction of sp³-hybridized carbons (Fsp3) is 0.538. The van der Waals surface area contributed by atoms with Crippen molar-refractivity contribution < 1.29 is 0 Å². The molecular weight excluding hydrogens is 330 g/mol. The highest BCUT2D eigenvalue weighted by Gasteiger charge is 2.30. The van der Waals surface area contributed by atoms with Gasteiger partial charge in [-0.25, -0.2) is 0 Å². The van der Waals surface area contributed by atoms with E-state index in [9.17, 15) is 0 Å². The standard InChI is InChI=1S/C13H17Br2N/c1-3-12(9-4-5-9)16-13-10(14)6-8(2)7-11(13)15/h6-7,9,12,16H,3-5H2,1-2H3. The molecule has 0 aliphatic heterocycles. The molecule has 0 amide bonds. The van der Waals surface area contributed by atoms with Crippen LogP contribution >= 0.6 is 31.9 Å². The number of hydrogen-bond donors (Lipinski definition) is 1. The Morgan fingerprint density at radius 3 is 2.31 bits per heavy atom. The molecule has 1 nitrogen and oxygen atoms in total. The summed E-state index contributed by atoms with van der Waals surface area (Å²) < 4.78 is 2.30. The molecule has 1 aromatic carbocycles. The lowest BCUT2D eigenvalue weighted by Gasteiger charge is -2.20. The van der Waals surface area contributed by atoms with Crippen molar-refractivity contribution >= 4 is 37.5 Å². The van der Waals surface area contributed by atoms with Crippen LogP contribution in [0.1, 0.15) is 31.7 Å². The van der Waals surface area contributed by atoms with Crippen molar-refractivity contribution in [3.05, 3.63) is 26.6 Å². The maximum atomic E-state index is 3.66. The van der Waals surface area contributed by atoms with Crippen LogP contribution in [0.25, 0.3) is 0 Å². The fourth-order valence-corrected chi connectivity index (χ4v) is 3.72. The molecule has 1 aliphatic carbocycles. The second-order valence-corrected chi connectivity index (χ2v) is 6.31. The van der Waals surface area contributed by atoms with Crippen LogP contribution in [0.2, 0.25) is 0 Å². The Labute approximate surface area is 114 Å². The van der Waals surface area contributed by atoms with Gasteiger partial charge in [-0.1, -0.05) is 6.92 Å². The molecule has 16 heavy (non-hydrogen) atoms. The largest absolute Gasteiger partial charge is 0.380 e. The smallest absolute Gasteiger partial charge is 0.0631 e. The van der Waals surface area contributed by atoms with Gasteiger partial charge in [-0.2, -0.15) is 0 Å². The highest BCUT2D eigenvalue weighted by Crippen LogP contribution is 2.39. The Kier molecular flexibility index (Phi) is 3.96. The summed E-state index contributed by atoms with van der Waals surface area (Å²) in [4.78, 5) is 0. The average molecular weight is 347 g/mol. The number of rotatable bonds is 4. The highest BCUT2D eigenvalue weighted by atomic mass is 79.9. The van der Waals surface area contributed by atoms with E-state index in [1.807, 2.05) is 0 Å². The molecule has 0 spiro atoms. The zero-order valence-corrected chi connectivity index (χ0v) is 12.9. The van der Waals surface area contributed by atoms with Crippen LogP contribution in [0.3, 0.4) is 0 Å². The van der Waals surface area contributed by atoms with Crippen LogP contribution < -0.4 is 5.32 Å². The second kappa shape index (κ2) is 5.09. The van der Waals surface area contributed by atoms with Crippen LogP contribution in [0.5, 0.6) is 0 Å². The van der Waals surface area contributed by atoms with Crippen molar-refractivity contribution in [3.63, 3.8) is 0 Å². The predicted molar refractivity (Wildman–Crippen MR) is 77.0 cm³/mol. The molecule has 3 heteroatoms. The maximum absolute atomic E-state index is 3.66. The van der Waals surface area contributed by atoms with Crippen molar-refractivity contribution in [2.24, 2.45) is 5.92 Å². The minimum absolute atomic E-state index is 0.621. The molecule has 2 rings (SSSR count). The quantitative estimate of drug-likeness (QED) is 0.797. The van der Waals surface area contributed by atoms with Gasteiger partial charge in [0.2, 0.25) is 0 Å². The lowest BCUT2D eigenvalue weighted by Crippen LogP contribution is -2.21. The van der Waals surface area contributed by atoms with Gasteiger partial charge in [-0.15, -0.1) is 0 Å². The molecule has 1 aromatic rings. The third-order valence-electron chi connectivity index (χ3n) is 3.15. The molecule has 0 saturated heterocycles. The summed E-state index contributed by atoms with van der Waals surface area (Å²) in [6.45, 7) is 4.36. The Bertz CT molecular complexity index is 363. The number of anilines is 1. The van der Waals surface area contributed by atoms with Crippen molar-refractivity contribution in [1.29, 1.82) is 0 Å². The molecule has 0 heterocycles. The monoisotopic (exact) mass is 345 g/mol. The molecule has 1 fully saturated rings. The van der Waals surface area contributed by atoms with Crippen molar-refractivity contribution in [2.45, 2.75) is 39.2 Å². The summed E-state index contributed by atoms with van der Waals surface area (Å²) in [5, 5.41) is 3.66. The molecule has 1 atom stereocenters. The summed E-state index contributed by atoms with van der Waals surface area (Å²) in [6.07, 6.45) is 3.95. The number of aryl methyl sites for hydroxylation is 1. The second-order valence-electron chi connectivity index (χ2n) is 4.60. The van der Waals surface area contributed by atoms with Gasteiger partial charge < -0.3 is 5.32 Å². The SMILES string of the molecule is CCC(Nc1c(Br)cc(C)cc1Br)C1CC1. The van der Waals surface area contributed by atoms with Gasteiger partial charge in [0.1, 0.15) is 0 Å². The Morgan fingerprint density at radius 1 is 1.31 bits per heavy atom. The van der Waals surface area contributed by atoms with E-state index in [1.165, 1.54) is 30.5 Å². The zero-order chi connectivity index (χ0) is 11.7. The third kappa shape index (κ3) is 2.80. The molecule has 0 aromatic heterocycles. The van der Waals surface area contributed by atoms with E-state index in [1.54, 1.807) is 0 Å². The summed E-state index contributed by atoms with van der Waals surface area (Å²) in [6, 6.07) is 4.94. The van der Waals surface area contributed by atoms with Gasteiger partial charge in [-0.3, -0.25) is 0 Å². The van der Waals surface area contributed by atoms with Crippen molar-refractivity contribution in [3.8, 4) is 0 Å². The number of benzene rings is 1. The van der Waals surface area contributed by atoms with Gasteiger partial charge in [0.15, 0.2) is 0 Å². The first-order valence-electron chi connectivity index (χ1n) is 5.84. The molecule has 0 radical (unpaired) electrons. The van der Waals surface area contributed by atoms with E-state index in [-0.39, 0.29) is 0 Å². The zero-order valence-electron chi connectivity index (χ0n) is 9.69. The van der Waals surface area contributed by atoms with Crippen LogP contribution in [-0.2, 0) is 0 Å². The van der Waals surface area contributed by atoms with Gasteiger partial charge in [-0.05, 0) is 81.7 Å². The van der Waals surface area contributed by atoms with Gasteiger partial charge in [0, 0.05) is 15.0 Å². The van der Waals surface area contributed by atoms with E-state index in [4.69, 9.17) is 0 Å². The summed E-state index contributed by atoms with van der Waals surface area (Å²) >= 11 is 7.27. The highest BCUT2D eigenvalue weighted by molar-refractivity contribution is 9.11. The van der Waals surface area contributed by atoms with Gasteiger partial charge in [0.25, 0.3) is 0 Å². The lowest BCUT2D eigenvalue weighted by atomic mass is 10.1. The van der Waals surface area contributed by atoms with Crippen LogP contribution in [-0.4, -0.2) is 6.04 Å². The normalized spacial score (nSPS) is 17.2. The Hall–Kier alpha value is -0.0200. The van der Waals surface area contributed by atoms with Gasteiger partial charge in [0.05, 0.1) is 5.69 Å². The molecular formula is C13H17Br2N. The molecule has 1 aliphatic rings. The molecule has 1 N–H and O–H groups in total. The van der Waals surface area contributed by atoms with Crippen LogP contribution in [0.15, 0.2) is 21.1 Å². The molecule has 88 valence electrons. The van der Waals surface area contributed by atoms with Crippen molar-refractivity contribution in [2.75, 3.05) is 5.32 Å². The molecule has 0 bridgehead atoms. The Balaban J connectivity index is 2.19. The van der Waals surface area contributed by atoms with E-state index in [0.717, 1.165) is 14.9 Å². The Morgan fingerprint density at radius 2 is 1.88 bits per heavy atom. The first-order valence-corrected chi connectivity index (χ1v) is 7.42. The minimum atomic E-state index is 0.621. The first-order chi connectivity index (χ1) is 7.61. The fourth-order valence-electron chi connectivity index (χ4n) is 2.07. The summed E-state index contributed by atoms with van der Waals surface area (Å²) in [7, 11) is 0. The van der Waals surface area contributed by atoms with Crippen molar-refractivity contribution in [1.82, 2.24) is 0 Å². The van der Waals surface area contributed by atoms with Crippen LogP contribution in [0, 0.1) is 12.8 Å². The predicted octanol–water partition coefficient (Wildman–Crippen LogP) is 5.12. The number of nitrogens with one attached hydrogen (secondary N) is 1. The lowest BCUT2D eigenvalue weighted by molar-refractivity contribution is 0.616. The maximum Gasteiger partial charge on any atom is 0.0631 e. The number of hydrogen-bond acceptors (Lipinski definition) is 1. The number of halogens is 2. The van der Waals surface area contributed by atoms with E-state index in [2.05, 4.69) is 63.2 Å². The van der Waals surface area contributed by atoms with E-state index in [0.29, 0.717) is 6.04 Å². The summed E-state index contributed by atoms with van der Waals surface area (Å²) in [5.74, 6) is 0.880. The van der Waals surface area contributed by atoms with Gasteiger partial charge >= 0.3 is 0 Å². The topological polar surface area (TPSA) is 12.0 Å². The summed E-state index contributed by atoms with van der Waals surface area (Å²) in [5.41, 5.74) is 2.47. The minimum Gasteiger partial charge on any atom is -0.380 e. The molecule has 1 unspecified atom stereocenters. The molecule has 1 saturated carbocycles.